The highest BCUT2D eigenvalue weighted by Gasteiger charge is 2.34. The topological polar surface area (TPSA) is 49.0 Å². The molecule has 104 valence electrons. The third kappa shape index (κ3) is 3.07. The van der Waals surface area contributed by atoms with Gasteiger partial charge in [0, 0.05) is 12.5 Å². The fraction of sp³-hybridized carbons (Fsp3) is 0.375. The van der Waals surface area contributed by atoms with Crippen molar-refractivity contribution in [1.29, 1.82) is 0 Å². The first-order valence-electron chi connectivity index (χ1n) is 7.18. The number of carbonyl (C=O) groups is 1. The number of imidazole rings is 1. The molecule has 0 bridgehead atoms. The Morgan fingerprint density at radius 3 is 2.75 bits per heavy atom. The zero-order valence-electron chi connectivity index (χ0n) is 11.5. The van der Waals surface area contributed by atoms with E-state index in [1.807, 2.05) is 11.0 Å². The van der Waals surface area contributed by atoms with Crippen molar-refractivity contribution in [3.8, 4) is 0 Å². The third-order valence-corrected chi connectivity index (χ3v) is 3.66. The van der Waals surface area contributed by atoms with Crippen molar-refractivity contribution >= 4 is 11.7 Å². The maximum absolute atomic E-state index is 12.3. The minimum atomic E-state index is 0.232. The molecule has 1 fully saturated rings. The Morgan fingerprint density at radius 1 is 1.30 bits per heavy atom. The molecule has 1 saturated carbocycles. The minimum Gasteiger partial charge on any atom is -0.331 e. The maximum atomic E-state index is 12.3. The lowest BCUT2D eigenvalue weighted by Gasteiger charge is -2.20. The van der Waals surface area contributed by atoms with E-state index in [9.17, 15) is 4.79 Å². The van der Waals surface area contributed by atoms with Gasteiger partial charge in [-0.15, -0.1) is 0 Å². The number of aromatic nitrogens is 2. The second-order valence-electron chi connectivity index (χ2n) is 5.29. The first-order valence-corrected chi connectivity index (χ1v) is 7.18. The third-order valence-electron chi connectivity index (χ3n) is 3.66. The smallest absolute Gasteiger partial charge is 0.231 e. The molecule has 4 nitrogen and oxygen atoms in total. The highest BCUT2D eigenvalue weighted by molar-refractivity contribution is 5.95. The lowest BCUT2D eigenvalue weighted by atomic mass is 10.1. The molecule has 2 aromatic rings. The quantitative estimate of drug-likeness (QED) is 0.876. The number of H-pyrrole nitrogens is 1. The zero-order valence-corrected chi connectivity index (χ0v) is 11.5. The number of rotatable bonds is 6. The number of hydrogen-bond donors (Lipinski definition) is 1. The van der Waals surface area contributed by atoms with Gasteiger partial charge in [-0.1, -0.05) is 30.3 Å². The molecule has 1 aliphatic rings. The van der Waals surface area contributed by atoms with Gasteiger partial charge in [-0.2, -0.15) is 0 Å². The van der Waals surface area contributed by atoms with E-state index in [0.29, 0.717) is 0 Å². The first-order chi connectivity index (χ1) is 9.84. The first kappa shape index (κ1) is 12.9. The van der Waals surface area contributed by atoms with Crippen LogP contribution in [-0.4, -0.2) is 22.4 Å². The summed E-state index contributed by atoms with van der Waals surface area (Å²) in [5.74, 6) is 1.28. The average molecular weight is 269 g/mol. The van der Waals surface area contributed by atoms with Crippen LogP contribution in [0.15, 0.2) is 42.9 Å². The summed E-state index contributed by atoms with van der Waals surface area (Å²) in [6, 6.07) is 10.4. The molecule has 0 radical (unpaired) electrons. The number of carbonyl (C=O) groups excluding carboxylic acids is 1. The number of aromatic amines is 1. The molecular weight excluding hydrogens is 250 g/mol. The summed E-state index contributed by atoms with van der Waals surface area (Å²) < 4.78 is 0. The van der Waals surface area contributed by atoms with Gasteiger partial charge in [-0.25, -0.2) is 4.98 Å². The molecule has 0 atom stereocenters. The molecule has 1 aromatic heterocycles. The molecule has 4 heteroatoms. The van der Waals surface area contributed by atoms with Crippen molar-refractivity contribution in [2.45, 2.75) is 25.7 Å². The van der Waals surface area contributed by atoms with Gasteiger partial charge in [-0.3, -0.25) is 9.69 Å². The number of amides is 1. The number of nitrogens with zero attached hydrogens (tertiary/aromatic N) is 2. The number of aryl methyl sites for hydroxylation is 1. The van der Waals surface area contributed by atoms with E-state index < -0.39 is 0 Å². The van der Waals surface area contributed by atoms with Gasteiger partial charge in [0.25, 0.3) is 0 Å². The summed E-state index contributed by atoms with van der Waals surface area (Å²) in [5.41, 5.74) is 1.32. The van der Waals surface area contributed by atoms with Gasteiger partial charge in [0.2, 0.25) is 5.91 Å². The molecule has 1 N–H and O–H groups in total. The Balaban J connectivity index is 1.60. The van der Waals surface area contributed by atoms with Crippen LogP contribution in [0.5, 0.6) is 0 Å². The number of nitrogens with one attached hydrogen (secondary N) is 1. The normalized spacial score (nSPS) is 14.2. The van der Waals surface area contributed by atoms with Crippen LogP contribution >= 0.6 is 0 Å². The number of benzene rings is 1. The number of hydrogen-bond acceptors (Lipinski definition) is 2. The van der Waals surface area contributed by atoms with Crippen LogP contribution in [-0.2, 0) is 11.2 Å². The van der Waals surface area contributed by atoms with Crippen molar-refractivity contribution in [2.75, 3.05) is 11.4 Å². The van der Waals surface area contributed by atoms with Crippen molar-refractivity contribution in [2.24, 2.45) is 5.92 Å². The van der Waals surface area contributed by atoms with Crippen LogP contribution in [0.2, 0.25) is 0 Å². The molecule has 1 aromatic carbocycles. The second kappa shape index (κ2) is 5.90. The van der Waals surface area contributed by atoms with Crippen molar-refractivity contribution in [1.82, 2.24) is 9.97 Å². The predicted molar refractivity (Wildman–Crippen MR) is 78.4 cm³/mol. The zero-order chi connectivity index (χ0) is 13.8. The standard InChI is InChI=1S/C16H19N3O/c20-16(14-8-9-14)19(15-11-17-12-18-15)10-4-7-13-5-2-1-3-6-13/h1-3,5-6,11-12,14H,4,7-10H2,(H,17,18). The number of anilines is 1. The minimum absolute atomic E-state index is 0.232. The predicted octanol–water partition coefficient (Wildman–Crippen LogP) is 2.79. The summed E-state index contributed by atoms with van der Waals surface area (Å²) in [5, 5.41) is 0. The van der Waals surface area contributed by atoms with Crippen LogP contribution in [0.1, 0.15) is 24.8 Å². The highest BCUT2D eigenvalue weighted by Crippen LogP contribution is 2.32. The van der Waals surface area contributed by atoms with Gasteiger partial charge in [0.05, 0.1) is 12.5 Å². The van der Waals surface area contributed by atoms with E-state index in [0.717, 1.165) is 38.0 Å². The molecule has 0 spiro atoms. The van der Waals surface area contributed by atoms with Crippen LogP contribution < -0.4 is 4.90 Å². The fourth-order valence-corrected chi connectivity index (χ4v) is 2.38. The van der Waals surface area contributed by atoms with Gasteiger partial charge in [0.1, 0.15) is 5.82 Å². The highest BCUT2D eigenvalue weighted by atomic mass is 16.2. The van der Waals surface area contributed by atoms with Crippen molar-refractivity contribution < 1.29 is 4.79 Å². The molecule has 1 amide bonds. The fourth-order valence-electron chi connectivity index (χ4n) is 2.38. The van der Waals surface area contributed by atoms with E-state index in [1.165, 1.54) is 5.56 Å². The molecule has 3 rings (SSSR count). The second-order valence-corrected chi connectivity index (χ2v) is 5.29. The summed E-state index contributed by atoms with van der Waals surface area (Å²) in [4.78, 5) is 21.2. The van der Waals surface area contributed by atoms with Gasteiger partial charge in [-0.05, 0) is 31.2 Å². The largest absolute Gasteiger partial charge is 0.331 e. The Hall–Kier alpha value is -2.10. The SMILES string of the molecule is O=C(C1CC1)N(CCCc1ccccc1)c1cnc[nH]1. The van der Waals surface area contributed by atoms with E-state index in [1.54, 1.807) is 12.5 Å². The van der Waals surface area contributed by atoms with Crippen LogP contribution in [0.4, 0.5) is 5.82 Å². The van der Waals surface area contributed by atoms with Crippen LogP contribution in [0.25, 0.3) is 0 Å². The summed E-state index contributed by atoms with van der Waals surface area (Å²) in [6.45, 7) is 0.742. The molecule has 0 unspecified atom stereocenters. The lowest BCUT2D eigenvalue weighted by molar-refractivity contribution is -0.119. The average Bonchev–Trinajstić information content (AvgIpc) is 3.20. The summed E-state index contributed by atoms with van der Waals surface area (Å²) in [6.07, 6.45) is 7.36. The van der Waals surface area contributed by atoms with E-state index in [-0.39, 0.29) is 11.8 Å². The lowest BCUT2D eigenvalue weighted by Crippen LogP contribution is -2.33. The monoisotopic (exact) mass is 269 g/mol. The van der Waals surface area contributed by atoms with Crippen LogP contribution in [0, 0.1) is 5.92 Å². The van der Waals surface area contributed by atoms with E-state index in [4.69, 9.17) is 0 Å². The molecule has 20 heavy (non-hydrogen) atoms. The Kier molecular flexibility index (Phi) is 3.81. The molecule has 0 saturated heterocycles. The van der Waals surface area contributed by atoms with E-state index >= 15 is 0 Å². The van der Waals surface area contributed by atoms with Gasteiger partial charge in [0.15, 0.2) is 0 Å². The Labute approximate surface area is 118 Å². The van der Waals surface area contributed by atoms with Crippen molar-refractivity contribution in [3.05, 3.63) is 48.4 Å². The van der Waals surface area contributed by atoms with E-state index in [2.05, 4.69) is 34.2 Å². The van der Waals surface area contributed by atoms with Gasteiger partial charge >= 0.3 is 0 Å². The van der Waals surface area contributed by atoms with Gasteiger partial charge < -0.3 is 4.98 Å². The van der Waals surface area contributed by atoms with Crippen molar-refractivity contribution in [3.63, 3.8) is 0 Å². The Morgan fingerprint density at radius 2 is 2.10 bits per heavy atom. The molecule has 1 heterocycles. The summed E-state index contributed by atoms with van der Waals surface area (Å²) in [7, 11) is 0. The maximum Gasteiger partial charge on any atom is 0.231 e. The summed E-state index contributed by atoms with van der Waals surface area (Å²) >= 11 is 0. The Bertz CT molecular complexity index is 546. The molecule has 0 aliphatic heterocycles. The van der Waals surface area contributed by atoms with Crippen LogP contribution in [0.3, 0.4) is 0 Å². The molecular formula is C16H19N3O. The molecule has 1 aliphatic carbocycles.